The van der Waals surface area contributed by atoms with E-state index in [2.05, 4.69) is 19.1 Å². The van der Waals surface area contributed by atoms with E-state index >= 15 is 0 Å². The third-order valence-electron chi connectivity index (χ3n) is 4.61. The topological polar surface area (TPSA) is 20.2 Å². The molecule has 3 unspecified atom stereocenters. The molecular formula is C15H20O. The number of phenolic OH excluding ortho intramolecular Hbond substituents is 1. The molecule has 2 aliphatic rings. The van der Waals surface area contributed by atoms with Crippen molar-refractivity contribution in [3.63, 3.8) is 0 Å². The lowest BCUT2D eigenvalue weighted by molar-refractivity contribution is 0.396. The van der Waals surface area contributed by atoms with Gasteiger partial charge in [-0.1, -0.05) is 24.1 Å². The lowest BCUT2D eigenvalue weighted by atomic mass is 9.82. The van der Waals surface area contributed by atoms with E-state index in [1.54, 1.807) is 0 Å². The number of rotatable bonds is 1. The molecule has 0 saturated heterocycles. The van der Waals surface area contributed by atoms with E-state index in [0.29, 0.717) is 11.7 Å². The van der Waals surface area contributed by atoms with Gasteiger partial charge in [-0.2, -0.15) is 0 Å². The van der Waals surface area contributed by atoms with Crippen LogP contribution in [0, 0.1) is 25.7 Å². The summed E-state index contributed by atoms with van der Waals surface area (Å²) in [6, 6.07) is 4.28. The fourth-order valence-corrected chi connectivity index (χ4v) is 3.90. The van der Waals surface area contributed by atoms with Gasteiger partial charge in [-0.25, -0.2) is 0 Å². The van der Waals surface area contributed by atoms with Crippen molar-refractivity contribution in [2.24, 2.45) is 11.8 Å². The maximum Gasteiger partial charge on any atom is 0.121 e. The fraction of sp³-hybridized carbons (Fsp3) is 0.600. The molecule has 1 aromatic rings. The van der Waals surface area contributed by atoms with Gasteiger partial charge in [0.1, 0.15) is 5.75 Å². The molecule has 1 N–H and O–H groups in total. The standard InChI is InChI=1S/C15H20O/c1-9-5-10(2)15(16)14(6-9)13-8-11-3-4-12(13)7-11/h5-6,11-13,16H,3-4,7-8H2,1-2H3. The molecule has 2 fully saturated rings. The molecule has 3 atom stereocenters. The van der Waals surface area contributed by atoms with Gasteiger partial charge in [0, 0.05) is 0 Å². The van der Waals surface area contributed by atoms with Crippen LogP contribution in [0.15, 0.2) is 12.1 Å². The Morgan fingerprint density at radius 3 is 2.56 bits per heavy atom. The molecule has 0 aromatic heterocycles. The zero-order valence-electron chi connectivity index (χ0n) is 10.2. The third kappa shape index (κ3) is 1.45. The molecule has 0 spiro atoms. The van der Waals surface area contributed by atoms with Crippen LogP contribution >= 0.6 is 0 Å². The lowest BCUT2D eigenvalue weighted by Gasteiger charge is -2.24. The Morgan fingerprint density at radius 2 is 1.94 bits per heavy atom. The third-order valence-corrected chi connectivity index (χ3v) is 4.61. The van der Waals surface area contributed by atoms with Gasteiger partial charge in [0.25, 0.3) is 0 Å². The Hall–Kier alpha value is -0.980. The van der Waals surface area contributed by atoms with Crippen molar-refractivity contribution in [2.75, 3.05) is 0 Å². The van der Waals surface area contributed by atoms with E-state index in [4.69, 9.17) is 0 Å². The summed E-state index contributed by atoms with van der Waals surface area (Å²) in [6.45, 7) is 4.14. The zero-order chi connectivity index (χ0) is 11.3. The highest BCUT2D eigenvalue weighted by Gasteiger charge is 2.41. The quantitative estimate of drug-likeness (QED) is 0.754. The summed E-state index contributed by atoms with van der Waals surface area (Å²) in [5.74, 6) is 2.98. The van der Waals surface area contributed by atoms with Crippen LogP contribution in [-0.4, -0.2) is 5.11 Å². The Kier molecular flexibility index (Phi) is 2.24. The number of benzene rings is 1. The molecule has 2 aliphatic carbocycles. The minimum absolute atomic E-state index is 0.558. The summed E-state index contributed by atoms with van der Waals surface area (Å²) >= 11 is 0. The van der Waals surface area contributed by atoms with Crippen molar-refractivity contribution in [3.8, 4) is 5.75 Å². The first-order valence-electron chi connectivity index (χ1n) is 6.45. The van der Waals surface area contributed by atoms with Gasteiger partial charge in [-0.05, 0) is 62.0 Å². The molecule has 0 aliphatic heterocycles. The summed E-state index contributed by atoms with van der Waals surface area (Å²) < 4.78 is 0. The summed E-state index contributed by atoms with van der Waals surface area (Å²) in [4.78, 5) is 0. The maximum atomic E-state index is 10.2. The molecule has 0 radical (unpaired) electrons. The van der Waals surface area contributed by atoms with Crippen LogP contribution in [0.3, 0.4) is 0 Å². The van der Waals surface area contributed by atoms with E-state index < -0.39 is 0 Å². The Labute approximate surface area is 97.5 Å². The monoisotopic (exact) mass is 216 g/mol. The molecular weight excluding hydrogens is 196 g/mol. The Bertz CT molecular complexity index is 422. The number of hydrogen-bond acceptors (Lipinski definition) is 1. The van der Waals surface area contributed by atoms with Crippen LogP contribution in [0.25, 0.3) is 0 Å². The average Bonchev–Trinajstić information content (AvgIpc) is 2.84. The highest BCUT2D eigenvalue weighted by molar-refractivity contribution is 5.45. The van der Waals surface area contributed by atoms with Crippen molar-refractivity contribution < 1.29 is 5.11 Å². The molecule has 86 valence electrons. The normalized spacial score (nSPS) is 32.2. The number of fused-ring (bicyclic) bond motifs is 2. The molecule has 3 rings (SSSR count). The van der Waals surface area contributed by atoms with Crippen molar-refractivity contribution >= 4 is 0 Å². The number of hydrogen-bond donors (Lipinski definition) is 1. The first kappa shape index (κ1) is 10.2. The van der Waals surface area contributed by atoms with Gasteiger partial charge in [0.15, 0.2) is 0 Å². The molecule has 1 heteroatoms. The summed E-state index contributed by atoms with van der Waals surface area (Å²) in [5.41, 5.74) is 3.55. The Balaban J connectivity index is 2.00. The first-order valence-corrected chi connectivity index (χ1v) is 6.45. The number of aryl methyl sites for hydroxylation is 2. The van der Waals surface area contributed by atoms with Crippen molar-refractivity contribution in [3.05, 3.63) is 28.8 Å². The minimum Gasteiger partial charge on any atom is -0.507 e. The average molecular weight is 216 g/mol. The SMILES string of the molecule is Cc1cc(C)c(O)c(C2CC3CCC2C3)c1. The molecule has 2 saturated carbocycles. The number of aromatic hydroxyl groups is 1. The summed E-state index contributed by atoms with van der Waals surface area (Å²) in [6.07, 6.45) is 5.51. The summed E-state index contributed by atoms with van der Waals surface area (Å²) in [5, 5.41) is 10.2. The Morgan fingerprint density at radius 1 is 1.12 bits per heavy atom. The van der Waals surface area contributed by atoms with Crippen LogP contribution in [0.2, 0.25) is 0 Å². The van der Waals surface area contributed by atoms with Crippen molar-refractivity contribution in [2.45, 2.75) is 45.4 Å². The lowest BCUT2D eigenvalue weighted by Crippen LogP contribution is -2.09. The van der Waals surface area contributed by atoms with Gasteiger partial charge in [-0.3, -0.25) is 0 Å². The first-order chi connectivity index (χ1) is 7.65. The molecule has 0 heterocycles. The van der Waals surface area contributed by atoms with Crippen LogP contribution in [0.1, 0.15) is 48.3 Å². The smallest absolute Gasteiger partial charge is 0.121 e. The maximum absolute atomic E-state index is 10.2. The van der Waals surface area contributed by atoms with Crippen molar-refractivity contribution in [1.82, 2.24) is 0 Å². The fourth-order valence-electron chi connectivity index (χ4n) is 3.90. The molecule has 2 bridgehead atoms. The van der Waals surface area contributed by atoms with Crippen LogP contribution in [0.4, 0.5) is 0 Å². The summed E-state index contributed by atoms with van der Waals surface area (Å²) in [7, 11) is 0. The van der Waals surface area contributed by atoms with Gasteiger partial charge < -0.3 is 5.11 Å². The van der Waals surface area contributed by atoms with Crippen LogP contribution in [-0.2, 0) is 0 Å². The molecule has 1 nitrogen and oxygen atoms in total. The predicted molar refractivity (Wildman–Crippen MR) is 65.8 cm³/mol. The predicted octanol–water partition coefficient (Wildman–Crippen LogP) is 3.91. The highest BCUT2D eigenvalue weighted by Crippen LogP contribution is 2.54. The van der Waals surface area contributed by atoms with Crippen molar-refractivity contribution in [1.29, 1.82) is 0 Å². The van der Waals surface area contributed by atoms with E-state index in [9.17, 15) is 5.11 Å². The van der Waals surface area contributed by atoms with E-state index in [-0.39, 0.29) is 0 Å². The van der Waals surface area contributed by atoms with Crippen LogP contribution < -0.4 is 0 Å². The zero-order valence-corrected chi connectivity index (χ0v) is 10.2. The van der Waals surface area contributed by atoms with Gasteiger partial charge in [-0.15, -0.1) is 0 Å². The second-order valence-corrected chi connectivity index (χ2v) is 5.80. The molecule has 1 aromatic carbocycles. The van der Waals surface area contributed by atoms with Gasteiger partial charge >= 0.3 is 0 Å². The second-order valence-electron chi connectivity index (χ2n) is 5.80. The highest BCUT2D eigenvalue weighted by atomic mass is 16.3. The largest absolute Gasteiger partial charge is 0.507 e. The minimum atomic E-state index is 0.558. The van der Waals surface area contributed by atoms with Crippen LogP contribution in [0.5, 0.6) is 5.75 Å². The van der Waals surface area contributed by atoms with E-state index in [1.807, 2.05) is 6.92 Å². The van der Waals surface area contributed by atoms with E-state index in [1.165, 1.54) is 36.8 Å². The van der Waals surface area contributed by atoms with E-state index in [0.717, 1.165) is 17.4 Å². The van der Waals surface area contributed by atoms with Gasteiger partial charge in [0.2, 0.25) is 0 Å². The second kappa shape index (κ2) is 3.51. The van der Waals surface area contributed by atoms with Gasteiger partial charge in [0.05, 0.1) is 0 Å². The molecule has 16 heavy (non-hydrogen) atoms. The molecule has 0 amide bonds. The number of phenols is 1.